The molecule has 1 saturated heterocycles. The van der Waals surface area contributed by atoms with E-state index in [0.717, 1.165) is 49.5 Å². The van der Waals surface area contributed by atoms with Crippen molar-refractivity contribution in [2.24, 2.45) is 5.92 Å². The predicted molar refractivity (Wildman–Crippen MR) is 139 cm³/mol. The molecule has 1 aliphatic rings. The maximum Gasteiger partial charge on any atom is 0.330 e. The molecule has 0 N–H and O–H groups in total. The number of allylic oxidation sites excluding steroid dienone is 3. The van der Waals surface area contributed by atoms with Crippen LogP contribution in [0.4, 0.5) is 8.78 Å². The quantitative estimate of drug-likeness (QED) is 0.135. The van der Waals surface area contributed by atoms with E-state index in [9.17, 15) is 13.6 Å². The number of nitrogens with zero attached hydrogens (tertiary/aromatic N) is 1. The van der Waals surface area contributed by atoms with E-state index in [1.807, 2.05) is 6.08 Å². The maximum absolute atomic E-state index is 13.4. The highest BCUT2D eigenvalue weighted by molar-refractivity contribution is 5.82. The first-order chi connectivity index (χ1) is 17.5. The Morgan fingerprint density at radius 3 is 2.19 bits per heavy atom. The van der Waals surface area contributed by atoms with E-state index < -0.39 is 0 Å². The number of piperidine rings is 1. The first-order valence-electron chi connectivity index (χ1n) is 12.9. The fourth-order valence-electron chi connectivity index (χ4n) is 4.48. The minimum absolute atomic E-state index is 0.290. The van der Waals surface area contributed by atoms with Gasteiger partial charge in [0.1, 0.15) is 17.7 Å². The molecular weight excluding hydrogens is 460 g/mol. The molecule has 4 nitrogen and oxygen atoms in total. The van der Waals surface area contributed by atoms with Gasteiger partial charge in [0.15, 0.2) is 0 Å². The number of carbonyl (C=O) groups is 1. The van der Waals surface area contributed by atoms with Crippen molar-refractivity contribution in [3.63, 3.8) is 0 Å². The van der Waals surface area contributed by atoms with E-state index in [2.05, 4.69) is 11.0 Å². The predicted octanol–water partition coefficient (Wildman–Crippen LogP) is 6.63. The van der Waals surface area contributed by atoms with Crippen LogP contribution in [0.15, 0.2) is 72.8 Å². The summed E-state index contributed by atoms with van der Waals surface area (Å²) in [4.78, 5) is 13.7. The topological polar surface area (TPSA) is 38.8 Å². The number of hydrogen-bond acceptors (Lipinski definition) is 4. The van der Waals surface area contributed by atoms with Crippen molar-refractivity contribution in [1.82, 2.24) is 4.90 Å². The largest absolute Gasteiger partial charge is 0.463 e. The van der Waals surface area contributed by atoms with E-state index in [-0.39, 0.29) is 23.7 Å². The van der Waals surface area contributed by atoms with Gasteiger partial charge >= 0.3 is 5.97 Å². The Kier molecular flexibility index (Phi) is 11.8. The molecule has 3 rings (SSSR count). The Hall–Kier alpha value is -2.83. The molecule has 0 unspecified atom stereocenters. The Balaban J connectivity index is 1.36. The van der Waals surface area contributed by atoms with Crippen LogP contribution in [-0.4, -0.2) is 43.7 Å². The molecule has 0 saturated carbocycles. The zero-order valence-electron chi connectivity index (χ0n) is 21.1. The van der Waals surface area contributed by atoms with Crippen LogP contribution in [0.5, 0.6) is 0 Å². The highest BCUT2D eigenvalue weighted by Gasteiger charge is 2.20. The van der Waals surface area contributed by atoms with Crippen LogP contribution in [0.25, 0.3) is 0 Å². The van der Waals surface area contributed by atoms with Crippen LogP contribution in [-0.2, 0) is 14.3 Å². The molecule has 0 amide bonds. The number of esters is 1. The van der Waals surface area contributed by atoms with Gasteiger partial charge in [-0.25, -0.2) is 13.6 Å². The molecule has 0 radical (unpaired) electrons. The second-order valence-electron chi connectivity index (χ2n) is 9.11. The third-order valence-electron chi connectivity index (χ3n) is 6.49. The smallest absolute Gasteiger partial charge is 0.330 e. The molecule has 2 aromatic carbocycles. The first kappa shape index (κ1) is 27.8. The Morgan fingerprint density at radius 2 is 1.61 bits per heavy atom. The normalized spacial score (nSPS) is 15.3. The van der Waals surface area contributed by atoms with Gasteiger partial charge in [-0.05, 0) is 87.0 Å². The summed E-state index contributed by atoms with van der Waals surface area (Å²) in [6.45, 7) is 5.69. The minimum Gasteiger partial charge on any atom is -0.463 e. The van der Waals surface area contributed by atoms with Gasteiger partial charge in [0.05, 0.1) is 13.2 Å². The zero-order valence-corrected chi connectivity index (χ0v) is 21.1. The number of hydrogen-bond donors (Lipinski definition) is 0. The van der Waals surface area contributed by atoms with Crippen molar-refractivity contribution < 1.29 is 23.0 Å². The summed E-state index contributed by atoms with van der Waals surface area (Å²) >= 11 is 0. The summed E-state index contributed by atoms with van der Waals surface area (Å²) in [7, 11) is 0. The molecule has 194 valence electrons. The maximum atomic E-state index is 13.4. The second kappa shape index (κ2) is 15.3. The molecule has 1 fully saturated rings. The number of likely N-dealkylation sites (tertiary alicyclic amines) is 1. The molecule has 0 spiro atoms. The van der Waals surface area contributed by atoms with Gasteiger partial charge in [0, 0.05) is 12.6 Å². The highest BCUT2D eigenvalue weighted by Crippen LogP contribution is 2.27. The molecule has 6 heteroatoms. The SMILES string of the molecule is CCOC(=O)/C=C/C=C/CCCC1CCN(CCOC(c2ccc(F)cc2)c2ccc(F)cc2)CC1. The molecule has 1 heterocycles. The Morgan fingerprint density at radius 1 is 1.00 bits per heavy atom. The average Bonchev–Trinajstić information content (AvgIpc) is 2.88. The van der Waals surface area contributed by atoms with Gasteiger partial charge in [-0.2, -0.15) is 0 Å². The van der Waals surface area contributed by atoms with E-state index in [1.54, 1.807) is 37.3 Å². The number of halogens is 2. The van der Waals surface area contributed by atoms with Gasteiger partial charge in [0.2, 0.25) is 0 Å². The van der Waals surface area contributed by atoms with Crippen molar-refractivity contribution >= 4 is 5.97 Å². The lowest BCUT2D eigenvalue weighted by molar-refractivity contribution is -0.137. The summed E-state index contributed by atoms with van der Waals surface area (Å²) in [6, 6.07) is 12.6. The van der Waals surface area contributed by atoms with Crippen LogP contribution in [0.3, 0.4) is 0 Å². The molecule has 36 heavy (non-hydrogen) atoms. The standard InChI is InChI=1S/C30H37F2NO3/c1-2-35-29(34)9-7-5-3-4-6-8-24-18-20-33(21-19-24)22-23-36-30(25-10-14-27(31)15-11-25)26-12-16-28(32)17-13-26/h3,5,7,9-17,24,30H,2,4,6,8,18-23H2,1H3/b5-3+,9-7+. The van der Waals surface area contributed by atoms with E-state index in [0.29, 0.717) is 13.2 Å². The molecule has 0 aliphatic carbocycles. The van der Waals surface area contributed by atoms with Gasteiger partial charge in [-0.1, -0.05) is 48.9 Å². The molecule has 2 aromatic rings. The number of unbranched alkanes of at least 4 members (excludes halogenated alkanes) is 1. The minimum atomic E-state index is -0.357. The lowest BCUT2D eigenvalue weighted by Crippen LogP contribution is -2.36. The van der Waals surface area contributed by atoms with E-state index >= 15 is 0 Å². The average molecular weight is 498 g/mol. The van der Waals surface area contributed by atoms with Crippen LogP contribution >= 0.6 is 0 Å². The van der Waals surface area contributed by atoms with Crippen molar-refractivity contribution in [3.8, 4) is 0 Å². The van der Waals surface area contributed by atoms with Crippen molar-refractivity contribution in [1.29, 1.82) is 0 Å². The van der Waals surface area contributed by atoms with Crippen LogP contribution in [0, 0.1) is 17.6 Å². The van der Waals surface area contributed by atoms with Gasteiger partial charge in [-0.15, -0.1) is 0 Å². The Bertz CT molecular complexity index is 919. The van der Waals surface area contributed by atoms with Crippen molar-refractivity contribution in [3.05, 3.63) is 95.6 Å². The summed E-state index contributed by atoms with van der Waals surface area (Å²) < 4.78 is 37.9. The summed E-state index contributed by atoms with van der Waals surface area (Å²) in [5, 5.41) is 0. The molecular formula is C30H37F2NO3. The summed E-state index contributed by atoms with van der Waals surface area (Å²) in [5.74, 6) is -0.139. The lowest BCUT2D eigenvalue weighted by Gasteiger charge is -2.32. The molecule has 1 aliphatic heterocycles. The Labute approximate surface area is 213 Å². The number of benzene rings is 2. The van der Waals surface area contributed by atoms with E-state index in [4.69, 9.17) is 9.47 Å². The summed E-state index contributed by atoms with van der Waals surface area (Å²) in [5.41, 5.74) is 1.71. The van der Waals surface area contributed by atoms with Crippen LogP contribution in [0.2, 0.25) is 0 Å². The zero-order chi connectivity index (χ0) is 25.6. The van der Waals surface area contributed by atoms with Crippen LogP contribution in [0.1, 0.15) is 56.3 Å². The third kappa shape index (κ3) is 9.67. The van der Waals surface area contributed by atoms with Gasteiger partial charge in [0.25, 0.3) is 0 Å². The molecule has 0 aromatic heterocycles. The highest BCUT2D eigenvalue weighted by atomic mass is 19.1. The molecule has 0 atom stereocenters. The monoisotopic (exact) mass is 497 g/mol. The van der Waals surface area contributed by atoms with Crippen molar-refractivity contribution in [2.45, 2.75) is 45.1 Å². The van der Waals surface area contributed by atoms with E-state index in [1.165, 1.54) is 49.6 Å². The third-order valence-corrected chi connectivity index (χ3v) is 6.49. The number of carbonyl (C=O) groups excluding carboxylic acids is 1. The second-order valence-corrected chi connectivity index (χ2v) is 9.11. The molecule has 0 bridgehead atoms. The van der Waals surface area contributed by atoms with Gasteiger partial charge in [-0.3, -0.25) is 0 Å². The fourth-order valence-corrected chi connectivity index (χ4v) is 4.48. The number of ether oxygens (including phenoxy) is 2. The van der Waals surface area contributed by atoms with Gasteiger partial charge < -0.3 is 14.4 Å². The van der Waals surface area contributed by atoms with Crippen molar-refractivity contribution in [2.75, 3.05) is 32.8 Å². The fraction of sp³-hybridized carbons (Fsp3) is 0.433. The lowest BCUT2D eigenvalue weighted by atomic mass is 9.91. The first-order valence-corrected chi connectivity index (χ1v) is 12.9. The summed E-state index contributed by atoms with van der Waals surface area (Å²) in [6.07, 6.45) is 12.6. The van der Waals surface area contributed by atoms with Crippen LogP contribution < -0.4 is 0 Å². The number of rotatable bonds is 13.